The fourth-order valence-electron chi connectivity index (χ4n) is 3.06. The minimum absolute atomic E-state index is 0.219. The largest absolute Gasteiger partial charge is 0.468 e. The Hall–Kier alpha value is -1.59. The Morgan fingerprint density at radius 3 is 2.81 bits per heavy atom. The summed E-state index contributed by atoms with van der Waals surface area (Å²) in [5.74, 6) is 1.04. The molecule has 0 aliphatic carbocycles. The highest BCUT2D eigenvalue weighted by atomic mass is 16.5. The zero-order chi connectivity index (χ0) is 14.7. The van der Waals surface area contributed by atoms with E-state index in [1.54, 1.807) is 12.5 Å². The average molecular weight is 289 g/mol. The summed E-state index contributed by atoms with van der Waals surface area (Å²) in [5.41, 5.74) is 2.07. The van der Waals surface area contributed by atoms with Crippen LogP contribution < -0.4 is 5.32 Å². The summed E-state index contributed by atoms with van der Waals surface area (Å²) in [5, 5.41) is 7.54. The van der Waals surface area contributed by atoms with Gasteiger partial charge in [0.2, 0.25) is 0 Å². The molecule has 21 heavy (non-hydrogen) atoms. The van der Waals surface area contributed by atoms with E-state index in [-0.39, 0.29) is 6.04 Å². The highest BCUT2D eigenvalue weighted by molar-refractivity contribution is 5.17. The van der Waals surface area contributed by atoms with Crippen molar-refractivity contribution in [2.45, 2.75) is 38.8 Å². The fourth-order valence-corrected chi connectivity index (χ4v) is 3.06. The third-order valence-corrected chi connectivity index (χ3v) is 4.32. The number of hydrogen-bond donors (Lipinski definition) is 1. The van der Waals surface area contributed by atoms with Gasteiger partial charge in [-0.1, -0.05) is 5.16 Å². The lowest BCUT2D eigenvalue weighted by Crippen LogP contribution is -2.35. The molecule has 0 saturated carbocycles. The van der Waals surface area contributed by atoms with Gasteiger partial charge in [-0.25, -0.2) is 0 Å². The molecule has 5 nitrogen and oxygen atoms in total. The first-order valence-electron chi connectivity index (χ1n) is 7.67. The van der Waals surface area contributed by atoms with Crippen LogP contribution in [0.1, 0.15) is 48.9 Å². The van der Waals surface area contributed by atoms with Gasteiger partial charge >= 0.3 is 0 Å². The average Bonchev–Trinajstić information content (AvgIpc) is 3.21. The van der Waals surface area contributed by atoms with Gasteiger partial charge < -0.3 is 14.3 Å². The first-order valence-corrected chi connectivity index (χ1v) is 7.67. The summed E-state index contributed by atoms with van der Waals surface area (Å²) in [7, 11) is 0. The van der Waals surface area contributed by atoms with E-state index in [2.05, 4.69) is 28.4 Å². The number of hydrogen-bond acceptors (Lipinski definition) is 5. The molecular formula is C16H23N3O2. The van der Waals surface area contributed by atoms with Crippen LogP contribution >= 0.6 is 0 Å². The zero-order valence-electron chi connectivity index (χ0n) is 12.7. The number of likely N-dealkylation sites (tertiary alicyclic amines) is 1. The van der Waals surface area contributed by atoms with E-state index in [1.807, 2.05) is 13.0 Å². The number of nitrogens with zero attached hydrogens (tertiary/aromatic N) is 2. The van der Waals surface area contributed by atoms with Crippen LogP contribution in [0.15, 0.2) is 33.6 Å². The second-order valence-corrected chi connectivity index (χ2v) is 5.76. The molecule has 1 aliphatic rings. The first-order chi connectivity index (χ1) is 10.3. The van der Waals surface area contributed by atoms with Crippen LogP contribution in [0.4, 0.5) is 0 Å². The number of aryl methyl sites for hydroxylation is 1. The van der Waals surface area contributed by atoms with Crippen molar-refractivity contribution in [2.24, 2.45) is 0 Å². The molecule has 1 saturated heterocycles. The van der Waals surface area contributed by atoms with Gasteiger partial charge in [-0.3, -0.25) is 4.90 Å². The van der Waals surface area contributed by atoms with Gasteiger partial charge in [0.1, 0.15) is 12.0 Å². The van der Waals surface area contributed by atoms with Crippen molar-refractivity contribution < 1.29 is 8.94 Å². The van der Waals surface area contributed by atoms with Crippen molar-refractivity contribution in [3.05, 3.63) is 41.7 Å². The highest BCUT2D eigenvalue weighted by Crippen LogP contribution is 2.26. The lowest BCUT2D eigenvalue weighted by molar-refractivity contribution is 0.205. The van der Waals surface area contributed by atoms with Gasteiger partial charge in [0.15, 0.2) is 0 Å². The third kappa shape index (κ3) is 3.19. The summed E-state index contributed by atoms with van der Waals surface area (Å²) < 4.78 is 10.7. The van der Waals surface area contributed by atoms with E-state index >= 15 is 0 Å². The molecule has 0 amide bonds. The third-order valence-electron chi connectivity index (χ3n) is 4.32. The lowest BCUT2D eigenvalue weighted by Gasteiger charge is -2.27. The Morgan fingerprint density at radius 1 is 1.38 bits per heavy atom. The van der Waals surface area contributed by atoms with E-state index in [9.17, 15) is 0 Å². The number of aromatic nitrogens is 1. The summed E-state index contributed by atoms with van der Waals surface area (Å²) >= 11 is 0. The minimum atomic E-state index is 0.219. The van der Waals surface area contributed by atoms with E-state index in [0.717, 1.165) is 36.7 Å². The second kappa shape index (κ2) is 6.45. The van der Waals surface area contributed by atoms with Gasteiger partial charge in [0, 0.05) is 18.2 Å². The van der Waals surface area contributed by atoms with Crippen molar-refractivity contribution >= 4 is 0 Å². The Morgan fingerprint density at radius 2 is 2.19 bits per heavy atom. The van der Waals surface area contributed by atoms with Crippen molar-refractivity contribution in [1.82, 2.24) is 15.4 Å². The standard InChI is InChI=1S/C16H23N3O2/c1-12(14-11-21-18-13(14)2)17-10-15(16-6-5-9-20-16)19-7-3-4-8-19/h5-6,9,11-12,15,17H,3-4,7-8,10H2,1-2H3. The predicted octanol–water partition coefficient (Wildman–Crippen LogP) is 3.06. The lowest BCUT2D eigenvalue weighted by atomic mass is 10.1. The van der Waals surface area contributed by atoms with Gasteiger partial charge in [0.05, 0.1) is 18.0 Å². The molecule has 2 aromatic heterocycles. The monoisotopic (exact) mass is 289 g/mol. The van der Waals surface area contributed by atoms with Gasteiger partial charge in [0.25, 0.3) is 0 Å². The molecule has 2 aromatic rings. The van der Waals surface area contributed by atoms with E-state index in [1.165, 1.54) is 12.8 Å². The maximum Gasteiger partial charge on any atom is 0.128 e. The summed E-state index contributed by atoms with van der Waals surface area (Å²) in [6, 6.07) is 4.55. The molecule has 1 N–H and O–H groups in total. The zero-order valence-corrected chi connectivity index (χ0v) is 12.7. The predicted molar refractivity (Wildman–Crippen MR) is 79.9 cm³/mol. The molecule has 3 rings (SSSR count). The quantitative estimate of drug-likeness (QED) is 0.885. The molecule has 3 heterocycles. The van der Waals surface area contributed by atoms with E-state index in [4.69, 9.17) is 8.94 Å². The maximum atomic E-state index is 5.64. The minimum Gasteiger partial charge on any atom is -0.468 e. The van der Waals surface area contributed by atoms with Crippen LogP contribution in [-0.4, -0.2) is 29.7 Å². The van der Waals surface area contributed by atoms with Crippen molar-refractivity contribution in [3.8, 4) is 0 Å². The molecule has 5 heteroatoms. The van der Waals surface area contributed by atoms with Crippen LogP contribution in [0.5, 0.6) is 0 Å². The number of rotatable bonds is 6. The fraction of sp³-hybridized carbons (Fsp3) is 0.562. The van der Waals surface area contributed by atoms with E-state index in [0.29, 0.717) is 6.04 Å². The smallest absolute Gasteiger partial charge is 0.128 e. The molecule has 0 aromatic carbocycles. The second-order valence-electron chi connectivity index (χ2n) is 5.76. The molecule has 0 radical (unpaired) electrons. The Bertz CT molecular complexity index is 544. The van der Waals surface area contributed by atoms with Crippen molar-refractivity contribution in [2.75, 3.05) is 19.6 Å². The molecule has 2 atom stereocenters. The Labute approximate surface area is 125 Å². The van der Waals surface area contributed by atoms with Gasteiger partial charge in [-0.05, 0) is 51.9 Å². The molecule has 0 spiro atoms. The van der Waals surface area contributed by atoms with Crippen LogP contribution in [0.2, 0.25) is 0 Å². The molecule has 0 bridgehead atoms. The normalized spacial score (nSPS) is 19.0. The topological polar surface area (TPSA) is 54.4 Å². The maximum absolute atomic E-state index is 5.64. The number of furan rings is 1. The van der Waals surface area contributed by atoms with Gasteiger partial charge in [-0.15, -0.1) is 0 Å². The number of nitrogens with one attached hydrogen (secondary N) is 1. The van der Waals surface area contributed by atoms with Crippen LogP contribution in [0, 0.1) is 6.92 Å². The highest BCUT2D eigenvalue weighted by Gasteiger charge is 2.26. The van der Waals surface area contributed by atoms with Crippen LogP contribution in [-0.2, 0) is 0 Å². The molecule has 1 aliphatic heterocycles. The first kappa shape index (κ1) is 14.4. The molecular weight excluding hydrogens is 266 g/mol. The summed E-state index contributed by atoms with van der Waals surface area (Å²) in [6.07, 6.45) is 6.03. The van der Waals surface area contributed by atoms with Crippen LogP contribution in [0.25, 0.3) is 0 Å². The van der Waals surface area contributed by atoms with E-state index < -0.39 is 0 Å². The molecule has 114 valence electrons. The summed E-state index contributed by atoms with van der Waals surface area (Å²) in [4.78, 5) is 2.50. The van der Waals surface area contributed by atoms with Gasteiger partial charge in [-0.2, -0.15) is 0 Å². The molecule has 2 unspecified atom stereocenters. The Kier molecular flexibility index (Phi) is 4.41. The van der Waals surface area contributed by atoms with Crippen molar-refractivity contribution in [1.29, 1.82) is 0 Å². The SMILES string of the molecule is Cc1nocc1C(C)NCC(c1ccco1)N1CCCC1. The van der Waals surface area contributed by atoms with Crippen molar-refractivity contribution in [3.63, 3.8) is 0 Å². The molecule has 1 fully saturated rings. The van der Waals surface area contributed by atoms with Crippen LogP contribution in [0.3, 0.4) is 0 Å². The Balaban J connectivity index is 1.66. The summed E-state index contributed by atoms with van der Waals surface area (Å²) in [6.45, 7) is 7.27.